The molecule has 1 N–H and O–H groups in total. The molecule has 23 heavy (non-hydrogen) atoms. The van der Waals surface area contributed by atoms with E-state index in [4.69, 9.17) is 4.74 Å². The highest BCUT2D eigenvalue weighted by Crippen LogP contribution is 2.33. The Bertz CT molecular complexity index is 890. The van der Waals surface area contributed by atoms with E-state index in [1.807, 2.05) is 24.3 Å². The minimum atomic E-state index is -0.290. The van der Waals surface area contributed by atoms with E-state index in [-0.39, 0.29) is 17.6 Å². The van der Waals surface area contributed by atoms with Gasteiger partial charge in [-0.05, 0) is 35.7 Å². The van der Waals surface area contributed by atoms with Crippen molar-refractivity contribution in [3.8, 4) is 5.75 Å². The molecule has 2 aromatic carbocycles. The van der Waals surface area contributed by atoms with Gasteiger partial charge in [-0.25, -0.2) is 4.39 Å². The molecular weight excluding hydrogens is 313 g/mol. The van der Waals surface area contributed by atoms with Crippen LogP contribution in [0.5, 0.6) is 5.75 Å². The van der Waals surface area contributed by atoms with E-state index in [0.717, 1.165) is 21.4 Å². The maximum Gasteiger partial charge on any atom is 0.261 e. The average molecular weight is 327 g/mol. The lowest BCUT2D eigenvalue weighted by atomic mass is 10.0. The number of carbonyl (C=O) groups excluding carboxylic acids is 1. The molecule has 5 heteroatoms. The molecule has 1 aliphatic rings. The zero-order valence-electron chi connectivity index (χ0n) is 12.2. The number of ether oxygens (including phenoxy) is 1. The lowest BCUT2D eigenvalue weighted by molar-refractivity contribution is 0.0954. The molecule has 4 rings (SSSR count). The number of amides is 1. The Morgan fingerprint density at radius 2 is 2.13 bits per heavy atom. The number of hydrogen-bond donors (Lipinski definition) is 1. The Morgan fingerprint density at radius 1 is 1.26 bits per heavy atom. The quantitative estimate of drug-likeness (QED) is 0.791. The molecule has 0 bridgehead atoms. The number of thiophene rings is 1. The van der Waals surface area contributed by atoms with E-state index in [9.17, 15) is 9.18 Å². The van der Waals surface area contributed by atoms with Crippen molar-refractivity contribution < 1.29 is 13.9 Å². The van der Waals surface area contributed by atoms with Crippen molar-refractivity contribution in [3.63, 3.8) is 0 Å². The van der Waals surface area contributed by atoms with Crippen LogP contribution in [0.4, 0.5) is 4.39 Å². The van der Waals surface area contributed by atoms with Crippen molar-refractivity contribution in [2.45, 2.75) is 5.92 Å². The molecule has 0 unspecified atom stereocenters. The van der Waals surface area contributed by atoms with Gasteiger partial charge in [-0.1, -0.05) is 18.2 Å². The highest BCUT2D eigenvalue weighted by molar-refractivity contribution is 7.20. The summed E-state index contributed by atoms with van der Waals surface area (Å²) in [6.45, 7) is 1.11. The minimum absolute atomic E-state index is 0.129. The zero-order chi connectivity index (χ0) is 15.8. The summed E-state index contributed by atoms with van der Waals surface area (Å²) in [5.74, 6) is 0.643. The molecule has 1 atom stereocenters. The molecule has 116 valence electrons. The monoisotopic (exact) mass is 327 g/mol. The van der Waals surface area contributed by atoms with Gasteiger partial charge in [0.25, 0.3) is 5.91 Å². The Hall–Kier alpha value is -2.40. The maximum atomic E-state index is 13.2. The fourth-order valence-corrected chi connectivity index (χ4v) is 3.79. The normalized spacial score (nSPS) is 16.1. The van der Waals surface area contributed by atoms with Crippen LogP contribution >= 0.6 is 11.3 Å². The summed E-state index contributed by atoms with van der Waals surface area (Å²) in [6, 6.07) is 14.2. The number of halogens is 1. The first-order valence-electron chi connectivity index (χ1n) is 7.40. The first kappa shape index (κ1) is 14.2. The molecule has 1 aromatic heterocycles. The second-order valence-corrected chi connectivity index (χ2v) is 6.63. The molecule has 1 amide bonds. The molecule has 3 aromatic rings. The van der Waals surface area contributed by atoms with Gasteiger partial charge in [0.1, 0.15) is 11.6 Å². The number of fused-ring (bicyclic) bond motifs is 2. The van der Waals surface area contributed by atoms with Crippen LogP contribution in [0.1, 0.15) is 21.2 Å². The van der Waals surface area contributed by atoms with Gasteiger partial charge >= 0.3 is 0 Å². The van der Waals surface area contributed by atoms with Crippen molar-refractivity contribution in [1.29, 1.82) is 0 Å². The molecule has 0 radical (unpaired) electrons. The number of hydrogen-bond acceptors (Lipinski definition) is 3. The van der Waals surface area contributed by atoms with Crippen molar-refractivity contribution >= 4 is 27.3 Å². The van der Waals surface area contributed by atoms with Crippen molar-refractivity contribution in [1.82, 2.24) is 5.32 Å². The molecule has 0 saturated carbocycles. The smallest absolute Gasteiger partial charge is 0.261 e. The van der Waals surface area contributed by atoms with Gasteiger partial charge in [-0.2, -0.15) is 0 Å². The Balaban J connectivity index is 1.47. The van der Waals surface area contributed by atoms with E-state index in [0.29, 0.717) is 18.0 Å². The van der Waals surface area contributed by atoms with Gasteiger partial charge in [0, 0.05) is 22.7 Å². The molecule has 0 aliphatic carbocycles. The molecule has 0 saturated heterocycles. The molecule has 1 aliphatic heterocycles. The van der Waals surface area contributed by atoms with Crippen molar-refractivity contribution in [2.24, 2.45) is 0 Å². The van der Waals surface area contributed by atoms with Crippen LogP contribution in [0.2, 0.25) is 0 Å². The third-order valence-corrected chi connectivity index (χ3v) is 5.12. The number of benzene rings is 2. The minimum Gasteiger partial charge on any atom is -0.493 e. The first-order chi connectivity index (χ1) is 11.2. The molecule has 0 fully saturated rings. The van der Waals surface area contributed by atoms with Gasteiger partial charge in [0.15, 0.2) is 0 Å². The summed E-state index contributed by atoms with van der Waals surface area (Å²) in [7, 11) is 0. The highest BCUT2D eigenvalue weighted by atomic mass is 32.1. The van der Waals surface area contributed by atoms with Gasteiger partial charge in [-0.3, -0.25) is 4.79 Å². The van der Waals surface area contributed by atoms with Crippen LogP contribution in [-0.4, -0.2) is 19.1 Å². The van der Waals surface area contributed by atoms with Crippen molar-refractivity contribution in [3.05, 3.63) is 64.8 Å². The molecular formula is C18H14FNO2S. The van der Waals surface area contributed by atoms with Crippen LogP contribution in [0.3, 0.4) is 0 Å². The van der Waals surface area contributed by atoms with Gasteiger partial charge in [-0.15, -0.1) is 11.3 Å². The summed E-state index contributed by atoms with van der Waals surface area (Å²) in [4.78, 5) is 12.9. The highest BCUT2D eigenvalue weighted by Gasteiger charge is 2.24. The van der Waals surface area contributed by atoms with Crippen LogP contribution in [0.15, 0.2) is 48.5 Å². The van der Waals surface area contributed by atoms with E-state index < -0.39 is 0 Å². The summed E-state index contributed by atoms with van der Waals surface area (Å²) in [5, 5.41) is 3.71. The van der Waals surface area contributed by atoms with Crippen LogP contribution in [-0.2, 0) is 0 Å². The number of para-hydroxylation sites is 1. The zero-order valence-corrected chi connectivity index (χ0v) is 13.0. The summed E-state index contributed by atoms with van der Waals surface area (Å²) >= 11 is 1.37. The fraction of sp³-hybridized carbons (Fsp3) is 0.167. The first-order valence-corrected chi connectivity index (χ1v) is 8.21. The van der Waals surface area contributed by atoms with Gasteiger partial charge in [0.2, 0.25) is 0 Å². The Kier molecular flexibility index (Phi) is 3.50. The Morgan fingerprint density at radius 3 is 3.04 bits per heavy atom. The van der Waals surface area contributed by atoms with Gasteiger partial charge < -0.3 is 10.1 Å². The lowest BCUT2D eigenvalue weighted by Crippen LogP contribution is -2.28. The van der Waals surface area contributed by atoms with Crippen LogP contribution < -0.4 is 10.1 Å². The molecule has 2 heterocycles. The lowest BCUT2D eigenvalue weighted by Gasteiger charge is -2.09. The van der Waals surface area contributed by atoms with E-state index in [2.05, 4.69) is 5.32 Å². The third kappa shape index (κ3) is 2.68. The number of rotatable bonds is 3. The standard InChI is InChI=1S/C18H14FNO2S/c19-13-5-6-16-11(7-13)8-17(23-16)18(21)20-9-12-10-22-15-4-2-1-3-14(12)15/h1-8,12H,9-10H2,(H,20,21)/t12-/m0/s1. The van der Waals surface area contributed by atoms with E-state index in [1.54, 1.807) is 12.1 Å². The largest absolute Gasteiger partial charge is 0.493 e. The third-order valence-electron chi connectivity index (χ3n) is 4.01. The average Bonchev–Trinajstić information content (AvgIpc) is 3.16. The summed E-state index contributed by atoms with van der Waals surface area (Å²) in [6.07, 6.45) is 0. The maximum absolute atomic E-state index is 13.2. The second kappa shape index (κ2) is 5.66. The molecule has 0 spiro atoms. The van der Waals surface area contributed by atoms with E-state index in [1.165, 1.54) is 23.5 Å². The Labute approximate surface area is 136 Å². The predicted molar refractivity (Wildman–Crippen MR) is 88.8 cm³/mol. The SMILES string of the molecule is O=C(NC[C@H]1COc2ccccc21)c1cc2cc(F)ccc2s1. The summed E-state index contributed by atoms with van der Waals surface area (Å²) in [5.41, 5.74) is 1.13. The fourth-order valence-electron chi connectivity index (χ4n) is 2.83. The topological polar surface area (TPSA) is 38.3 Å². The summed E-state index contributed by atoms with van der Waals surface area (Å²) < 4.78 is 19.8. The molecule has 3 nitrogen and oxygen atoms in total. The van der Waals surface area contributed by atoms with Gasteiger partial charge in [0.05, 0.1) is 11.5 Å². The predicted octanol–water partition coefficient (Wildman–Crippen LogP) is 3.95. The van der Waals surface area contributed by atoms with E-state index >= 15 is 0 Å². The van der Waals surface area contributed by atoms with Crippen molar-refractivity contribution in [2.75, 3.05) is 13.2 Å². The number of nitrogens with one attached hydrogen (secondary N) is 1. The van der Waals surface area contributed by atoms with Crippen LogP contribution in [0, 0.1) is 5.82 Å². The second-order valence-electron chi connectivity index (χ2n) is 5.55. The van der Waals surface area contributed by atoms with Crippen LogP contribution in [0.25, 0.3) is 10.1 Å². The number of carbonyl (C=O) groups is 1.